The summed E-state index contributed by atoms with van der Waals surface area (Å²) >= 11 is 0. The number of nitrogens with zero attached hydrogens (tertiary/aromatic N) is 6. The smallest absolute Gasteiger partial charge is 0.242 e. The van der Waals surface area contributed by atoms with Crippen molar-refractivity contribution in [2.24, 2.45) is 5.41 Å². The largest absolute Gasteiger partial charge is 0.341 e. The average Bonchev–Trinajstić information content (AvgIpc) is 3.40. The molecule has 2 aromatic heterocycles. The normalized spacial score (nSPS) is 15.7. The number of hydrogen-bond donors (Lipinski definition) is 0. The van der Waals surface area contributed by atoms with Crippen LogP contribution in [0, 0.1) is 16.7 Å². The van der Waals surface area contributed by atoms with Gasteiger partial charge in [-0.05, 0) is 46.6 Å². The van der Waals surface area contributed by atoms with Crippen LogP contribution >= 0.6 is 0 Å². The third-order valence-corrected chi connectivity index (χ3v) is 5.73. The highest BCUT2D eigenvalue weighted by Crippen LogP contribution is 2.31. The summed E-state index contributed by atoms with van der Waals surface area (Å²) in [6.07, 6.45) is 3.35. The van der Waals surface area contributed by atoms with Gasteiger partial charge in [0.25, 0.3) is 0 Å². The molecule has 1 saturated heterocycles. The Labute approximate surface area is 175 Å². The topological polar surface area (TPSA) is 101 Å². The summed E-state index contributed by atoms with van der Waals surface area (Å²) < 4.78 is 7.56. The van der Waals surface area contributed by atoms with E-state index in [0.717, 1.165) is 29.3 Å². The third-order valence-electron chi connectivity index (χ3n) is 5.73. The second-order valence-corrected chi connectivity index (χ2v) is 8.72. The molecule has 1 fully saturated rings. The molecule has 3 heterocycles. The molecule has 156 valence electrons. The summed E-state index contributed by atoms with van der Waals surface area (Å²) in [5, 5.41) is 18.9. The fourth-order valence-corrected chi connectivity index (χ4v) is 3.88. The Balaban J connectivity index is 1.49. The summed E-state index contributed by atoms with van der Waals surface area (Å²) in [6, 6.07) is 8.39. The van der Waals surface area contributed by atoms with Gasteiger partial charge in [-0.3, -0.25) is 9.48 Å². The van der Waals surface area contributed by atoms with Crippen molar-refractivity contribution in [1.29, 1.82) is 5.26 Å². The van der Waals surface area contributed by atoms with Crippen LogP contribution in [0.5, 0.6) is 0 Å². The first-order chi connectivity index (χ1) is 14.3. The van der Waals surface area contributed by atoms with Crippen LogP contribution in [0.4, 0.5) is 0 Å². The van der Waals surface area contributed by atoms with E-state index in [4.69, 9.17) is 4.52 Å². The predicted octanol–water partition coefficient (Wildman–Crippen LogP) is 3.92. The van der Waals surface area contributed by atoms with E-state index in [-0.39, 0.29) is 17.9 Å². The Morgan fingerprint density at radius 1 is 1.30 bits per heavy atom. The standard InChI is InChI=1S/C22H26N6O2/c1-14(2)28-18-11-16(5-6-17(18)12-24-28)19-25-20(30-26-19)15-7-9-27(10-8-15)21(29)22(3,4)13-23/h5-6,11-12,14-15H,7-10H2,1-4H3. The number of piperidine rings is 1. The molecule has 1 aliphatic heterocycles. The van der Waals surface area contributed by atoms with Crippen molar-refractivity contribution < 1.29 is 9.32 Å². The van der Waals surface area contributed by atoms with Crippen LogP contribution in [0.2, 0.25) is 0 Å². The lowest BCUT2D eigenvalue weighted by Crippen LogP contribution is -2.44. The summed E-state index contributed by atoms with van der Waals surface area (Å²) in [5.41, 5.74) is 0.940. The molecule has 0 unspecified atom stereocenters. The number of fused-ring (bicyclic) bond motifs is 1. The van der Waals surface area contributed by atoms with Crippen molar-refractivity contribution in [3.8, 4) is 17.5 Å². The number of nitriles is 1. The zero-order valence-electron chi connectivity index (χ0n) is 17.8. The SMILES string of the molecule is CC(C)n1ncc2ccc(-c3noc(C4CCN(C(=O)C(C)(C)C#N)CC4)n3)cc21. The first-order valence-corrected chi connectivity index (χ1v) is 10.3. The quantitative estimate of drug-likeness (QED) is 0.651. The zero-order chi connectivity index (χ0) is 21.5. The molecule has 1 amide bonds. The van der Waals surface area contributed by atoms with Crippen LogP contribution in [0.25, 0.3) is 22.3 Å². The van der Waals surface area contributed by atoms with Crippen molar-refractivity contribution in [2.45, 2.75) is 52.5 Å². The van der Waals surface area contributed by atoms with Gasteiger partial charge in [-0.25, -0.2) is 0 Å². The van der Waals surface area contributed by atoms with E-state index in [1.807, 2.05) is 29.1 Å². The second-order valence-electron chi connectivity index (χ2n) is 8.72. The molecular weight excluding hydrogens is 380 g/mol. The van der Waals surface area contributed by atoms with Crippen LogP contribution in [-0.2, 0) is 4.79 Å². The first-order valence-electron chi connectivity index (χ1n) is 10.3. The Morgan fingerprint density at radius 3 is 2.70 bits per heavy atom. The van der Waals surface area contributed by atoms with E-state index in [9.17, 15) is 10.1 Å². The molecule has 4 rings (SSSR count). The number of carbonyl (C=O) groups excluding carboxylic acids is 1. The number of benzene rings is 1. The van der Waals surface area contributed by atoms with Crippen LogP contribution < -0.4 is 0 Å². The molecule has 0 N–H and O–H groups in total. The predicted molar refractivity (Wildman–Crippen MR) is 111 cm³/mol. The Kier molecular flexibility index (Phi) is 5.06. The van der Waals surface area contributed by atoms with E-state index >= 15 is 0 Å². The molecule has 0 spiro atoms. The van der Waals surface area contributed by atoms with Crippen LogP contribution in [0.3, 0.4) is 0 Å². The van der Waals surface area contributed by atoms with Gasteiger partial charge in [-0.1, -0.05) is 17.3 Å². The second kappa shape index (κ2) is 7.56. The summed E-state index contributed by atoms with van der Waals surface area (Å²) in [7, 11) is 0. The fourth-order valence-electron chi connectivity index (χ4n) is 3.88. The highest BCUT2D eigenvalue weighted by atomic mass is 16.5. The molecule has 0 saturated carbocycles. The van der Waals surface area contributed by atoms with Crippen molar-refractivity contribution in [1.82, 2.24) is 24.8 Å². The lowest BCUT2D eigenvalue weighted by molar-refractivity contribution is -0.138. The first kappa shape index (κ1) is 20.1. The van der Waals surface area contributed by atoms with Gasteiger partial charge >= 0.3 is 0 Å². The molecule has 0 aliphatic carbocycles. The van der Waals surface area contributed by atoms with Crippen LogP contribution in [0.15, 0.2) is 28.9 Å². The lowest BCUT2D eigenvalue weighted by Gasteiger charge is -2.33. The molecule has 8 nitrogen and oxygen atoms in total. The van der Waals surface area contributed by atoms with Crippen molar-refractivity contribution >= 4 is 16.8 Å². The number of amides is 1. The highest BCUT2D eigenvalue weighted by Gasteiger charge is 2.35. The maximum absolute atomic E-state index is 12.5. The number of carbonyl (C=O) groups is 1. The molecule has 0 bridgehead atoms. The van der Waals surface area contributed by atoms with Gasteiger partial charge in [0.15, 0.2) is 0 Å². The van der Waals surface area contributed by atoms with Gasteiger partial charge < -0.3 is 9.42 Å². The number of aromatic nitrogens is 4. The van der Waals surface area contributed by atoms with E-state index in [2.05, 4.69) is 35.2 Å². The Bertz CT molecular complexity index is 1110. The molecule has 3 aromatic rings. The minimum atomic E-state index is -0.994. The molecular formula is C22H26N6O2. The number of rotatable bonds is 4. The fraction of sp³-hybridized carbons (Fsp3) is 0.500. The van der Waals surface area contributed by atoms with Crippen molar-refractivity contribution in [2.75, 3.05) is 13.1 Å². The molecule has 0 radical (unpaired) electrons. The molecule has 30 heavy (non-hydrogen) atoms. The molecule has 8 heteroatoms. The van der Waals surface area contributed by atoms with E-state index in [1.54, 1.807) is 18.7 Å². The van der Waals surface area contributed by atoms with E-state index in [0.29, 0.717) is 24.8 Å². The van der Waals surface area contributed by atoms with Crippen molar-refractivity contribution in [3.63, 3.8) is 0 Å². The third kappa shape index (κ3) is 3.56. The van der Waals surface area contributed by atoms with Gasteiger partial charge in [0, 0.05) is 36.0 Å². The molecule has 1 aliphatic rings. The van der Waals surface area contributed by atoms with Gasteiger partial charge in [0.05, 0.1) is 17.8 Å². The summed E-state index contributed by atoms with van der Waals surface area (Å²) in [6.45, 7) is 8.69. The summed E-state index contributed by atoms with van der Waals surface area (Å²) in [5.74, 6) is 1.16. The Hall–Kier alpha value is -3.21. The lowest BCUT2D eigenvalue weighted by atomic mass is 9.90. The monoisotopic (exact) mass is 406 g/mol. The number of likely N-dealkylation sites (tertiary alicyclic amines) is 1. The minimum absolute atomic E-state index is 0.116. The highest BCUT2D eigenvalue weighted by molar-refractivity contribution is 5.85. The average molecular weight is 406 g/mol. The van der Waals surface area contributed by atoms with Gasteiger partial charge in [0.1, 0.15) is 5.41 Å². The number of hydrogen-bond acceptors (Lipinski definition) is 6. The van der Waals surface area contributed by atoms with Gasteiger partial charge in [-0.2, -0.15) is 15.3 Å². The zero-order valence-corrected chi connectivity index (χ0v) is 17.8. The minimum Gasteiger partial charge on any atom is -0.341 e. The van der Waals surface area contributed by atoms with Gasteiger partial charge in [-0.15, -0.1) is 0 Å². The van der Waals surface area contributed by atoms with E-state index < -0.39 is 5.41 Å². The van der Waals surface area contributed by atoms with Crippen LogP contribution in [-0.4, -0.2) is 43.8 Å². The van der Waals surface area contributed by atoms with Crippen molar-refractivity contribution in [3.05, 3.63) is 30.3 Å². The molecule has 0 atom stereocenters. The maximum atomic E-state index is 12.5. The molecule has 1 aromatic carbocycles. The van der Waals surface area contributed by atoms with E-state index in [1.165, 1.54) is 0 Å². The van der Waals surface area contributed by atoms with Crippen LogP contribution in [0.1, 0.15) is 58.4 Å². The maximum Gasteiger partial charge on any atom is 0.242 e. The van der Waals surface area contributed by atoms with Gasteiger partial charge in [0.2, 0.25) is 17.6 Å². The summed E-state index contributed by atoms with van der Waals surface area (Å²) in [4.78, 5) is 18.9. The Morgan fingerprint density at radius 2 is 2.03 bits per heavy atom.